The first-order chi connectivity index (χ1) is 9.95. The van der Waals surface area contributed by atoms with Gasteiger partial charge >= 0.3 is 6.18 Å². The fraction of sp³-hybridized carbons (Fsp3) is 0.583. The molecule has 5 nitrogen and oxygen atoms in total. The molecule has 0 radical (unpaired) electrons. The summed E-state index contributed by atoms with van der Waals surface area (Å²) in [6.45, 7) is 1.34. The van der Waals surface area contributed by atoms with Gasteiger partial charge in [0.05, 0.1) is 6.20 Å². The lowest BCUT2D eigenvalue weighted by atomic mass is 9.97. The molecule has 0 amide bonds. The number of aryl methyl sites for hydroxylation is 1. The molecule has 3 rings (SSSR count). The van der Waals surface area contributed by atoms with Crippen molar-refractivity contribution >= 4 is 16.5 Å². The quantitative estimate of drug-likeness (QED) is 0.854. The van der Waals surface area contributed by atoms with E-state index in [9.17, 15) is 13.2 Å². The maximum absolute atomic E-state index is 12.7. The van der Waals surface area contributed by atoms with E-state index in [0.717, 1.165) is 31.4 Å². The first-order valence-corrected chi connectivity index (χ1v) is 7.38. The normalized spacial score (nSPS) is 20.0. The number of halogens is 3. The average Bonchev–Trinajstić information content (AvgIpc) is 3.06. The van der Waals surface area contributed by atoms with Crippen molar-refractivity contribution in [2.75, 3.05) is 18.0 Å². The molecule has 3 heterocycles. The van der Waals surface area contributed by atoms with Crippen molar-refractivity contribution in [2.45, 2.75) is 24.9 Å². The third-order valence-electron chi connectivity index (χ3n) is 3.58. The van der Waals surface area contributed by atoms with Crippen molar-refractivity contribution in [3.63, 3.8) is 0 Å². The Morgan fingerprint density at radius 1 is 1.38 bits per heavy atom. The Balaban J connectivity index is 1.77. The average molecular weight is 317 g/mol. The summed E-state index contributed by atoms with van der Waals surface area (Å²) in [5, 5.41) is 8.39. The summed E-state index contributed by atoms with van der Waals surface area (Å²) in [4.78, 5) is 5.18. The van der Waals surface area contributed by atoms with Gasteiger partial charge in [0.2, 0.25) is 0 Å². The van der Waals surface area contributed by atoms with Crippen LogP contribution in [0, 0.1) is 0 Å². The lowest BCUT2D eigenvalue weighted by molar-refractivity contribution is -0.134. The van der Waals surface area contributed by atoms with Gasteiger partial charge in [-0.15, -0.1) is 10.2 Å². The Labute approximate surface area is 123 Å². The Morgan fingerprint density at radius 3 is 2.81 bits per heavy atom. The largest absolute Gasteiger partial charge is 0.427 e. The second-order valence-electron chi connectivity index (χ2n) is 5.09. The van der Waals surface area contributed by atoms with E-state index in [1.807, 2.05) is 16.5 Å². The zero-order valence-electron chi connectivity index (χ0n) is 11.3. The van der Waals surface area contributed by atoms with Gasteiger partial charge in [-0.3, -0.25) is 0 Å². The molecular formula is C12H14F3N5S. The number of piperidine rings is 1. The zero-order valence-corrected chi connectivity index (χ0v) is 12.2. The number of nitrogens with zero attached hydrogens (tertiary/aromatic N) is 5. The van der Waals surface area contributed by atoms with E-state index in [-0.39, 0.29) is 5.92 Å². The number of rotatable bonds is 2. The van der Waals surface area contributed by atoms with Crippen LogP contribution in [-0.4, -0.2) is 32.8 Å². The molecule has 1 aliphatic heterocycles. The SMILES string of the molecule is Cn1cnnc1C1CCCN(c2ncc(C(F)(F)F)s2)C1. The van der Waals surface area contributed by atoms with Gasteiger partial charge in [0.25, 0.3) is 0 Å². The van der Waals surface area contributed by atoms with E-state index < -0.39 is 11.1 Å². The van der Waals surface area contributed by atoms with Crippen LogP contribution < -0.4 is 4.90 Å². The van der Waals surface area contributed by atoms with E-state index in [1.165, 1.54) is 0 Å². The summed E-state index contributed by atoms with van der Waals surface area (Å²) in [5.41, 5.74) is 0. The lowest BCUT2D eigenvalue weighted by Crippen LogP contribution is -2.35. The lowest BCUT2D eigenvalue weighted by Gasteiger charge is -2.31. The Hall–Kier alpha value is -1.64. The van der Waals surface area contributed by atoms with Crippen LogP contribution >= 0.6 is 11.3 Å². The van der Waals surface area contributed by atoms with Gasteiger partial charge in [-0.05, 0) is 12.8 Å². The number of hydrogen-bond donors (Lipinski definition) is 0. The van der Waals surface area contributed by atoms with Gasteiger partial charge in [0.1, 0.15) is 17.0 Å². The van der Waals surface area contributed by atoms with Crippen LogP contribution in [0.1, 0.15) is 29.5 Å². The highest BCUT2D eigenvalue weighted by Crippen LogP contribution is 2.38. The zero-order chi connectivity index (χ0) is 15.0. The van der Waals surface area contributed by atoms with Gasteiger partial charge in [-0.25, -0.2) is 4.98 Å². The third-order valence-corrected chi connectivity index (χ3v) is 4.68. The molecular weight excluding hydrogens is 303 g/mol. The molecule has 1 unspecified atom stereocenters. The first-order valence-electron chi connectivity index (χ1n) is 6.57. The molecule has 2 aromatic rings. The maximum Gasteiger partial charge on any atom is 0.427 e. The first kappa shape index (κ1) is 14.3. The molecule has 1 aliphatic rings. The highest BCUT2D eigenvalue weighted by atomic mass is 32.1. The molecule has 0 bridgehead atoms. The van der Waals surface area contributed by atoms with Gasteiger partial charge in [-0.1, -0.05) is 11.3 Å². The van der Waals surface area contributed by atoms with Crippen LogP contribution in [0.5, 0.6) is 0 Å². The van der Waals surface area contributed by atoms with E-state index in [4.69, 9.17) is 0 Å². The predicted octanol–water partition coefficient (Wildman–Crippen LogP) is 2.67. The molecule has 1 fully saturated rings. The summed E-state index contributed by atoms with van der Waals surface area (Å²) in [6.07, 6.45) is 0.0824. The molecule has 2 aromatic heterocycles. The van der Waals surface area contributed by atoms with Gasteiger partial charge in [0, 0.05) is 26.1 Å². The molecule has 0 spiro atoms. The number of alkyl halides is 3. The van der Waals surface area contributed by atoms with E-state index >= 15 is 0 Å². The van der Waals surface area contributed by atoms with Crippen LogP contribution in [0.2, 0.25) is 0 Å². The smallest absolute Gasteiger partial charge is 0.347 e. The molecule has 9 heteroatoms. The topological polar surface area (TPSA) is 46.8 Å². The van der Waals surface area contributed by atoms with Gasteiger partial charge < -0.3 is 9.47 Å². The maximum atomic E-state index is 12.7. The van der Waals surface area contributed by atoms with Gasteiger partial charge in [0.15, 0.2) is 5.13 Å². The minimum absolute atomic E-state index is 0.171. The monoisotopic (exact) mass is 317 g/mol. The molecule has 1 atom stereocenters. The molecule has 0 saturated carbocycles. The third kappa shape index (κ3) is 2.87. The van der Waals surface area contributed by atoms with E-state index in [0.29, 0.717) is 23.0 Å². The summed E-state index contributed by atoms with van der Waals surface area (Å²) in [5.74, 6) is 1.04. The Kier molecular flexibility index (Phi) is 3.60. The summed E-state index contributed by atoms with van der Waals surface area (Å²) in [7, 11) is 1.87. The van der Waals surface area contributed by atoms with Crippen LogP contribution in [0.3, 0.4) is 0 Å². The standard InChI is InChI=1S/C12H14F3N5S/c1-19-7-17-18-10(19)8-3-2-4-20(6-8)11-16-5-9(21-11)12(13,14)15/h5,7-8H,2-4,6H2,1H3. The fourth-order valence-corrected chi connectivity index (χ4v) is 3.38. The van der Waals surface area contributed by atoms with Crippen molar-refractivity contribution in [3.05, 3.63) is 23.2 Å². The molecule has 0 aliphatic carbocycles. The highest BCUT2D eigenvalue weighted by Gasteiger charge is 2.34. The molecule has 114 valence electrons. The number of anilines is 1. The minimum Gasteiger partial charge on any atom is -0.347 e. The molecule has 0 N–H and O–H groups in total. The van der Waals surface area contributed by atoms with Gasteiger partial charge in [-0.2, -0.15) is 13.2 Å². The summed E-state index contributed by atoms with van der Waals surface area (Å²) >= 11 is 0.697. The van der Waals surface area contributed by atoms with Crippen molar-refractivity contribution < 1.29 is 13.2 Å². The van der Waals surface area contributed by atoms with Crippen molar-refractivity contribution in [1.29, 1.82) is 0 Å². The predicted molar refractivity (Wildman–Crippen MR) is 72.3 cm³/mol. The van der Waals surface area contributed by atoms with Crippen molar-refractivity contribution in [3.8, 4) is 0 Å². The van der Waals surface area contributed by atoms with Crippen molar-refractivity contribution in [1.82, 2.24) is 19.7 Å². The van der Waals surface area contributed by atoms with Crippen molar-refractivity contribution in [2.24, 2.45) is 7.05 Å². The second kappa shape index (κ2) is 5.28. The van der Waals surface area contributed by atoms with Crippen LogP contribution in [0.4, 0.5) is 18.3 Å². The van der Waals surface area contributed by atoms with Crippen LogP contribution in [-0.2, 0) is 13.2 Å². The van der Waals surface area contributed by atoms with Crippen LogP contribution in [0.25, 0.3) is 0 Å². The number of hydrogen-bond acceptors (Lipinski definition) is 5. The molecule has 0 aromatic carbocycles. The molecule has 1 saturated heterocycles. The minimum atomic E-state index is -4.32. The molecule has 21 heavy (non-hydrogen) atoms. The number of aromatic nitrogens is 4. The summed E-state index contributed by atoms with van der Waals surface area (Å²) in [6, 6.07) is 0. The second-order valence-corrected chi connectivity index (χ2v) is 6.10. The highest BCUT2D eigenvalue weighted by molar-refractivity contribution is 7.15. The summed E-state index contributed by atoms with van der Waals surface area (Å²) < 4.78 is 39.8. The van der Waals surface area contributed by atoms with E-state index in [2.05, 4.69) is 15.2 Å². The Morgan fingerprint density at radius 2 is 2.19 bits per heavy atom. The van der Waals surface area contributed by atoms with E-state index in [1.54, 1.807) is 6.33 Å². The Bertz CT molecular complexity index is 620. The van der Waals surface area contributed by atoms with Crippen LogP contribution in [0.15, 0.2) is 12.5 Å². The fourth-order valence-electron chi connectivity index (χ4n) is 2.57. The number of thiazole rings is 1.